The Kier molecular flexibility index (Phi) is 4.23. The van der Waals surface area contributed by atoms with Gasteiger partial charge in [-0.25, -0.2) is 9.67 Å². The van der Waals surface area contributed by atoms with Gasteiger partial charge in [-0.3, -0.25) is 9.69 Å². The highest BCUT2D eigenvalue weighted by molar-refractivity contribution is 6.30. The summed E-state index contributed by atoms with van der Waals surface area (Å²) < 4.78 is 4.01. The van der Waals surface area contributed by atoms with Crippen LogP contribution in [0.3, 0.4) is 0 Å². The third-order valence-corrected chi connectivity index (χ3v) is 7.64. The number of carbonyl (C=O) groups is 1. The van der Waals surface area contributed by atoms with Crippen molar-refractivity contribution in [3.8, 4) is 0 Å². The second kappa shape index (κ2) is 7.13. The standard InChI is InChI=1S/C25H24ClN7O/c1-13-9-19(28-24-21(13)29-30-31(24)2)33-22(15-5-7-16(26)8-6-15)23-20(25(33)34)18(14-3-4-14)12-32(23)17-10-27-11-17/h5-9,12,14,17,22,27H,3-4,10-11H2,1-2H3. The molecule has 9 heteroatoms. The molecule has 3 aromatic heterocycles. The molecule has 1 N–H and O–H groups in total. The molecular weight excluding hydrogens is 450 g/mol. The number of carbonyl (C=O) groups excluding carboxylic acids is 1. The Labute approximate surface area is 201 Å². The molecule has 4 aromatic rings. The molecule has 0 bridgehead atoms. The Balaban J connectivity index is 1.47. The molecule has 0 spiro atoms. The van der Waals surface area contributed by atoms with E-state index in [0.717, 1.165) is 53.8 Å². The van der Waals surface area contributed by atoms with Crippen LogP contribution in [0, 0.1) is 6.92 Å². The van der Waals surface area contributed by atoms with Crippen molar-refractivity contribution < 1.29 is 4.79 Å². The zero-order valence-corrected chi connectivity index (χ0v) is 19.8. The van der Waals surface area contributed by atoms with Crippen LogP contribution in [0.2, 0.25) is 5.02 Å². The summed E-state index contributed by atoms with van der Waals surface area (Å²) in [5, 5.41) is 12.4. The highest BCUT2D eigenvalue weighted by atomic mass is 35.5. The third kappa shape index (κ3) is 2.82. The second-order valence-electron chi connectivity index (χ2n) is 9.65. The van der Waals surface area contributed by atoms with Gasteiger partial charge in [0.1, 0.15) is 17.4 Å². The van der Waals surface area contributed by atoms with E-state index >= 15 is 0 Å². The maximum atomic E-state index is 14.2. The van der Waals surface area contributed by atoms with E-state index in [1.54, 1.807) is 4.68 Å². The lowest BCUT2D eigenvalue weighted by molar-refractivity contribution is 0.0992. The van der Waals surface area contributed by atoms with Gasteiger partial charge < -0.3 is 9.88 Å². The first kappa shape index (κ1) is 20.2. The minimum Gasteiger partial charge on any atom is -0.343 e. The fourth-order valence-electron chi connectivity index (χ4n) is 5.36. The average Bonchev–Trinajstić information content (AvgIpc) is 3.37. The molecule has 5 heterocycles. The topological polar surface area (TPSA) is 80.9 Å². The molecule has 172 valence electrons. The predicted molar refractivity (Wildman–Crippen MR) is 129 cm³/mol. The van der Waals surface area contributed by atoms with Crippen molar-refractivity contribution in [2.24, 2.45) is 7.05 Å². The lowest BCUT2D eigenvalue weighted by atomic mass is 10.0. The monoisotopic (exact) mass is 473 g/mol. The Morgan fingerprint density at radius 3 is 2.59 bits per heavy atom. The summed E-state index contributed by atoms with van der Waals surface area (Å²) in [6.45, 7) is 3.82. The number of amides is 1. The molecule has 3 aliphatic rings. The van der Waals surface area contributed by atoms with Crippen molar-refractivity contribution in [3.05, 3.63) is 69.5 Å². The van der Waals surface area contributed by atoms with Crippen LogP contribution in [0.15, 0.2) is 36.5 Å². The summed E-state index contributed by atoms with van der Waals surface area (Å²) in [7, 11) is 1.82. The summed E-state index contributed by atoms with van der Waals surface area (Å²) in [6, 6.07) is 9.85. The molecule has 1 amide bonds. The molecule has 1 atom stereocenters. The highest BCUT2D eigenvalue weighted by Crippen LogP contribution is 2.51. The molecule has 34 heavy (non-hydrogen) atoms. The van der Waals surface area contributed by atoms with Crippen molar-refractivity contribution in [1.29, 1.82) is 0 Å². The fourth-order valence-corrected chi connectivity index (χ4v) is 5.48. The predicted octanol–water partition coefficient (Wildman–Crippen LogP) is 3.90. The molecule has 0 radical (unpaired) electrons. The van der Waals surface area contributed by atoms with E-state index in [1.165, 1.54) is 5.56 Å². The first-order valence-corrected chi connectivity index (χ1v) is 12.1. The van der Waals surface area contributed by atoms with Gasteiger partial charge in [0.25, 0.3) is 5.91 Å². The van der Waals surface area contributed by atoms with E-state index < -0.39 is 0 Å². The summed E-state index contributed by atoms with van der Waals surface area (Å²) >= 11 is 6.24. The van der Waals surface area contributed by atoms with Crippen LogP contribution in [0.5, 0.6) is 0 Å². The Morgan fingerprint density at radius 2 is 1.91 bits per heavy atom. The number of hydrogen-bond acceptors (Lipinski definition) is 5. The van der Waals surface area contributed by atoms with Crippen LogP contribution in [-0.4, -0.2) is 43.5 Å². The second-order valence-corrected chi connectivity index (χ2v) is 10.1. The third-order valence-electron chi connectivity index (χ3n) is 7.39. The summed E-state index contributed by atoms with van der Waals surface area (Å²) in [5.74, 6) is 1.11. The molecule has 1 aliphatic carbocycles. The van der Waals surface area contributed by atoms with Crippen LogP contribution in [0.4, 0.5) is 5.82 Å². The van der Waals surface area contributed by atoms with Crippen LogP contribution in [-0.2, 0) is 7.05 Å². The number of aromatic nitrogens is 5. The van der Waals surface area contributed by atoms with Crippen molar-refractivity contribution in [3.63, 3.8) is 0 Å². The lowest BCUT2D eigenvalue weighted by Gasteiger charge is -2.33. The highest BCUT2D eigenvalue weighted by Gasteiger charge is 2.47. The summed E-state index contributed by atoms with van der Waals surface area (Å²) in [6.07, 6.45) is 4.53. The van der Waals surface area contributed by atoms with Crippen LogP contribution in [0.25, 0.3) is 11.2 Å². The molecule has 2 fully saturated rings. The van der Waals surface area contributed by atoms with Crippen LogP contribution >= 0.6 is 11.6 Å². The van der Waals surface area contributed by atoms with Gasteiger partial charge in [-0.15, -0.1) is 5.10 Å². The van der Waals surface area contributed by atoms with E-state index in [0.29, 0.717) is 28.4 Å². The molecule has 1 saturated carbocycles. The Morgan fingerprint density at radius 1 is 1.15 bits per heavy atom. The number of nitrogens with one attached hydrogen (secondary N) is 1. The van der Waals surface area contributed by atoms with Gasteiger partial charge in [0.15, 0.2) is 5.65 Å². The Hall–Kier alpha value is -3.23. The summed E-state index contributed by atoms with van der Waals surface area (Å²) in [4.78, 5) is 20.9. The molecule has 2 aliphatic heterocycles. The molecule has 1 aromatic carbocycles. The van der Waals surface area contributed by atoms with E-state index in [2.05, 4.69) is 26.4 Å². The van der Waals surface area contributed by atoms with Crippen molar-refractivity contribution in [1.82, 2.24) is 29.9 Å². The first-order valence-electron chi connectivity index (χ1n) is 11.7. The SMILES string of the molecule is Cc1cc(N2C(=O)c3c(C4CC4)cn(C4CNC4)c3C2c2ccc(Cl)cc2)nc2c1nnn2C. The fraction of sp³-hybridized carbons (Fsp3) is 0.360. The van der Waals surface area contributed by atoms with Crippen LogP contribution in [0.1, 0.15) is 63.6 Å². The molecule has 7 rings (SSSR count). The zero-order chi connectivity index (χ0) is 23.1. The van der Waals surface area contributed by atoms with E-state index in [4.69, 9.17) is 16.6 Å². The maximum absolute atomic E-state index is 14.2. The lowest BCUT2D eigenvalue weighted by Crippen LogP contribution is -2.44. The van der Waals surface area contributed by atoms with Gasteiger partial charge >= 0.3 is 0 Å². The number of benzene rings is 1. The molecular formula is C25H24ClN7O. The van der Waals surface area contributed by atoms with Gasteiger partial charge in [-0.05, 0) is 60.6 Å². The number of halogens is 1. The number of fused-ring (bicyclic) bond motifs is 2. The minimum absolute atomic E-state index is 0.0178. The van der Waals surface area contributed by atoms with Gasteiger partial charge in [0.05, 0.1) is 17.3 Å². The number of anilines is 1. The maximum Gasteiger partial charge on any atom is 0.262 e. The van der Waals surface area contributed by atoms with Crippen molar-refractivity contribution in [2.75, 3.05) is 18.0 Å². The van der Waals surface area contributed by atoms with E-state index in [1.807, 2.05) is 49.2 Å². The smallest absolute Gasteiger partial charge is 0.262 e. The zero-order valence-electron chi connectivity index (χ0n) is 19.0. The summed E-state index contributed by atoms with van der Waals surface area (Å²) in [5.41, 5.74) is 6.51. The first-order chi connectivity index (χ1) is 16.5. The van der Waals surface area contributed by atoms with Gasteiger partial charge in [0.2, 0.25) is 0 Å². The number of pyridine rings is 1. The number of hydrogen-bond donors (Lipinski definition) is 1. The van der Waals surface area contributed by atoms with Gasteiger partial charge in [-0.1, -0.05) is 28.9 Å². The number of nitrogens with zero attached hydrogens (tertiary/aromatic N) is 6. The van der Waals surface area contributed by atoms with E-state index in [9.17, 15) is 4.79 Å². The minimum atomic E-state index is -0.279. The van der Waals surface area contributed by atoms with Crippen LogP contribution < -0.4 is 10.2 Å². The Bertz CT molecular complexity index is 1460. The number of rotatable bonds is 4. The number of aryl methyl sites for hydroxylation is 2. The molecule has 8 nitrogen and oxygen atoms in total. The van der Waals surface area contributed by atoms with Crippen molar-refractivity contribution >= 4 is 34.5 Å². The molecule has 1 saturated heterocycles. The van der Waals surface area contributed by atoms with Gasteiger partial charge in [-0.2, -0.15) is 0 Å². The normalized spacial score (nSPS) is 20.3. The van der Waals surface area contributed by atoms with Crippen molar-refractivity contribution in [2.45, 2.75) is 37.8 Å². The van der Waals surface area contributed by atoms with Gasteiger partial charge in [0, 0.05) is 31.4 Å². The average molecular weight is 474 g/mol. The quantitative estimate of drug-likeness (QED) is 0.486. The van der Waals surface area contributed by atoms with E-state index in [-0.39, 0.29) is 11.9 Å². The largest absolute Gasteiger partial charge is 0.343 e. The molecule has 1 unspecified atom stereocenters.